The number of ether oxygens (including phenoxy) is 3. The summed E-state index contributed by atoms with van der Waals surface area (Å²) >= 11 is 0. The van der Waals surface area contributed by atoms with Crippen LogP contribution < -0.4 is 14.8 Å². The van der Waals surface area contributed by atoms with Gasteiger partial charge in [-0.1, -0.05) is 13.0 Å². The molecule has 0 aromatic heterocycles. The van der Waals surface area contributed by atoms with Crippen LogP contribution >= 0.6 is 0 Å². The second-order valence-electron chi connectivity index (χ2n) is 4.49. The Hall–Kier alpha value is -1.26. The van der Waals surface area contributed by atoms with Crippen molar-refractivity contribution in [2.24, 2.45) is 0 Å². The van der Waals surface area contributed by atoms with Crippen LogP contribution in [-0.2, 0) is 11.3 Å². The van der Waals surface area contributed by atoms with Crippen LogP contribution in [-0.4, -0.2) is 33.5 Å². The second-order valence-corrected chi connectivity index (χ2v) is 4.49. The monoisotopic (exact) mass is 267 g/mol. The summed E-state index contributed by atoms with van der Waals surface area (Å²) in [6.07, 6.45) is 1.17. The highest BCUT2D eigenvalue weighted by molar-refractivity contribution is 5.43. The summed E-state index contributed by atoms with van der Waals surface area (Å²) in [4.78, 5) is 0. The summed E-state index contributed by atoms with van der Waals surface area (Å²) < 4.78 is 16.2. The van der Waals surface area contributed by atoms with Gasteiger partial charge in [-0.05, 0) is 31.0 Å². The van der Waals surface area contributed by atoms with Crippen molar-refractivity contribution in [1.82, 2.24) is 5.32 Å². The highest BCUT2D eigenvalue weighted by Crippen LogP contribution is 2.29. The van der Waals surface area contributed by atoms with E-state index in [1.165, 1.54) is 5.56 Å². The molecule has 0 spiro atoms. The van der Waals surface area contributed by atoms with E-state index in [-0.39, 0.29) is 6.10 Å². The lowest BCUT2D eigenvalue weighted by Crippen LogP contribution is -2.18. The van der Waals surface area contributed by atoms with Crippen LogP contribution in [0.3, 0.4) is 0 Å². The van der Waals surface area contributed by atoms with E-state index in [0.717, 1.165) is 31.0 Å². The van der Waals surface area contributed by atoms with Crippen LogP contribution in [0.4, 0.5) is 0 Å². The molecule has 0 radical (unpaired) electrons. The van der Waals surface area contributed by atoms with Crippen molar-refractivity contribution < 1.29 is 14.2 Å². The Morgan fingerprint density at radius 1 is 1.21 bits per heavy atom. The van der Waals surface area contributed by atoms with Gasteiger partial charge in [0.15, 0.2) is 11.5 Å². The number of methoxy groups -OCH3 is 2. The first-order valence-corrected chi connectivity index (χ1v) is 6.74. The molecular formula is C15H25NO3. The molecule has 4 nitrogen and oxygen atoms in total. The third-order valence-electron chi connectivity index (χ3n) is 2.94. The predicted molar refractivity (Wildman–Crippen MR) is 77.0 cm³/mol. The molecule has 0 saturated heterocycles. The van der Waals surface area contributed by atoms with E-state index in [4.69, 9.17) is 14.2 Å². The van der Waals surface area contributed by atoms with Gasteiger partial charge in [-0.2, -0.15) is 0 Å². The molecule has 0 aliphatic rings. The maximum Gasteiger partial charge on any atom is 0.161 e. The van der Waals surface area contributed by atoms with Crippen LogP contribution in [0.25, 0.3) is 0 Å². The van der Waals surface area contributed by atoms with Crippen LogP contribution in [0.15, 0.2) is 18.2 Å². The van der Waals surface area contributed by atoms with E-state index < -0.39 is 0 Å². The minimum absolute atomic E-state index is 0.194. The van der Waals surface area contributed by atoms with Crippen molar-refractivity contribution in [1.29, 1.82) is 0 Å². The fraction of sp³-hybridized carbons (Fsp3) is 0.600. The molecule has 0 fully saturated rings. The zero-order valence-electron chi connectivity index (χ0n) is 12.4. The average molecular weight is 267 g/mol. The molecule has 1 aromatic carbocycles. The molecule has 0 amide bonds. The van der Waals surface area contributed by atoms with Gasteiger partial charge in [-0.25, -0.2) is 0 Å². The first kappa shape index (κ1) is 15.8. The van der Waals surface area contributed by atoms with Crippen molar-refractivity contribution in [2.45, 2.75) is 32.9 Å². The van der Waals surface area contributed by atoms with Gasteiger partial charge in [0, 0.05) is 20.2 Å². The molecule has 1 aromatic rings. The summed E-state index contributed by atoms with van der Waals surface area (Å²) in [6.45, 7) is 6.50. The van der Waals surface area contributed by atoms with Crippen molar-refractivity contribution in [3.8, 4) is 11.5 Å². The second kappa shape index (κ2) is 8.77. The molecule has 1 N–H and O–H groups in total. The first-order chi connectivity index (χ1) is 9.21. The molecule has 1 rings (SSSR count). The molecule has 0 unspecified atom stereocenters. The lowest BCUT2D eigenvalue weighted by Gasteiger charge is -2.16. The van der Waals surface area contributed by atoms with Gasteiger partial charge in [0.05, 0.1) is 19.8 Å². The highest BCUT2D eigenvalue weighted by Gasteiger charge is 2.08. The normalized spacial score (nSPS) is 12.2. The lowest BCUT2D eigenvalue weighted by atomic mass is 10.2. The third-order valence-corrected chi connectivity index (χ3v) is 2.94. The fourth-order valence-electron chi connectivity index (χ4n) is 1.63. The zero-order valence-corrected chi connectivity index (χ0v) is 12.4. The minimum atomic E-state index is 0.194. The fourth-order valence-corrected chi connectivity index (χ4v) is 1.63. The molecule has 19 heavy (non-hydrogen) atoms. The summed E-state index contributed by atoms with van der Waals surface area (Å²) in [5, 5.41) is 3.30. The maximum absolute atomic E-state index is 5.82. The van der Waals surface area contributed by atoms with Gasteiger partial charge >= 0.3 is 0 Å². The largest absolute Gasteiger partial charge is 0.493 e. The van der Waals surface area contributed by atoms with Gasteiger partial charge < -0.3 is 19.5 Å². The summed E-state index contributed by atoms with van der Waals surface area (Å²) in [5.74, 6) is 1.59. The maximum atomic E-state index is 5.82. The SMILES string of the molecule is CC[C@H](C)Oc1ccc(CNCCOC)cc1OC. The molecule has 4 heteroatoms. The Balaban J connectivity index is 2.61. The Labute approximate surface area is 116 Å². The topological polar surface area (TPSA) is 39.7 Å². The quantitative estimate of drug-likeness (QED) is 0.698. The number of nitrogens with one attached hydrogen (secondary N) is 1. The van der Waals surface area contributed by atoms with E-state index in [1.807, 2.05) is 12.1 Å². The molecule has 0 aliphatic carbocycles. The minimum Gasteiger partial charge on any atom is -0.493 e. The average Bonchev–Trinajstić information content (AvgIpc) is 2.44. The van der Waals surface area contributed by atoms with Crippen LogP contribution in [0.5, 0.6) is 11.5 Å². The van der Waals surface area contributed by atoms with Crippen molar-refractivity contribution in [3.63, 3.8) is 0 Å². The van der Waals surface area contributed by atoms with E-state index in [9.17, 15) is 0 Å². The van der Waals surface area contributed by atoms with Crippen LogP contribution in [0.2, 0.25) is 0 Å². The predicted octanol–water partition coefficient (Wildman–Crippen LogP) is 2.61. The molecule has 0 heterocycles. The number of hydrogen-bond acceptors (Lipinski definition) is 4. The van der Waals surface area contributed by atoms with Gasteiger partial charge in [-0.3, -0.25) is 0 Å². The number of benzene rings is 1. The molecule has 108 valence electrons. The molecule has 1 atom stereocenters. The highest BCUT2D eigenvalue weighted by atomic mass is 16.5. The van der Waals surface area contributed by atoms with Gasteiger partial charge in [-0.15, -0.1) is 0 Å². The van der Waals surface area contributed by atoms with Gasteiger partial charge in [0.2, 0.25) is 0 Å². The Bertz CT molecular complexity index is 368. The lowest BCUT2D eigenvalue weighted by molar-refractivity contribution is 0.199. The number of hydrogen-bond donors (Lipinski definition) is 1. The smallest absolute Gasteiger partial charge is 0.161 e. The van der Waals surface area contributed by atoms with E-state index >= 15 is 0 Å². The van der Waals surface area contributed by atoms with Gasteiger partial charge in [0.25, 0.3) is 0 Å². The summed E-state index contributed by atoms with van der Waals surface area (Å²) in [6, 6.07) is 6.04. The Morgan fingerprint density at radius 2 is 2.00 bits per heavy atom. The number of rotatable bonds is 9. The standard InChI is InChI=1S/C15H25NO3/c1-5-12(2)19-14-7-6-13(10-15(14)18-4)11-16-8-9-17-3/h6-7,10,12,16H,5,8-9,11H2,1-4H3/t12-/m0/s1. The van der Waals surface area contributed by atoms with E-state index in [0.29, 0.717) is 6.61 Å². The van der Waals surface area contributed by atoms with Crippen LogP contribution in [0, 0.1) is 0 Å². The van der Waals surface area contributed by atoms with Crippen LogP contribution in [0.1, 0.15) is 25.8 Å². The van der Waals surface area contributed by atoms with Gasteiger partial charge in [0.1, 0.15) is 0 Å². The Morgan fingerprint density at radius 3 is 2.63 bits per heavy atom. The molecule has 0 saturated carbocycles. The molecule has 0 aliphatic heterocycles. The Kier molecular flexibility index (Phi) is 7.30. The molecule has 0 bridgehead atoms. The zero-order chi connectivity index (χ0) is 14.1. The van der Waals surface area contributed by atoms with E-state index in [1.54, 1.807) is 14.2 Å². The third kappa shape index (κ3) is 5.49. The molecular weight excluding hydrogens is 242 g/mol. The van der Waals surface area contributed by atoms with Crippen molar-refractivity contribution in [3.05, 3.63) is 23.8 Å². The summed E-state index contributed by atoms with van der Waals surface area (Å²) in [7, 11) is 3.37. The summed E-state index contributed by atoms with van der Waals surface area (Å²) in [5.41, 5.74) is 1.17. The van der Waals surface area contributed by atoms with Crippen molar-refractivity contribution in [2.75, 3.05) is 27.4 Å². The van der Waals surface area contributed by atoms with Crippen molar-refractivity contribution >= 4 is 0 Å². The first-order valence-electron chi connectivity index (χ1n) is 6.74. The van der Waals surface area contributed by atoms with E-state index in [2.05, 4.69) is 25.2 Å².